The van der Waals surface area contributed by atoms with Gasteiger partial charge in [0.05, 0.1) is 25.7 Å². The highest BCUT2D eigenvalue weighted by atomic mass is 32.2. The number of hydrogen-bond donors (Lipinski definition) is 4. The van der Waals surface area contributed by atoms with Gasteiger partial charge in [-0.2, -0.15) is 38.9 Å². The zero-order chi connectivity index (χ0) is 43.9. The third-order valence-electron chi connectivity index (χ3n) is 8.35. The summed E-state index contributed by atoms with van der Waals surface area (Å²) < 4.78 is 56.6. The number of nitrogens with zero attached hydrogens (tertiary/aromatic N) is 10. The minimum Gasteiger partial charge on any atom is -0.491 e. The van der Waals surface area contributed by atoms with Crippen LogP contribution in [0.15, 0.2) is 99.3 Å². The van der Waals surface area contributed by atoms with E-state index < -0.39 is 15.0 Å². The summed E-state index contributed by atoms with van der Waals surface area (Å²) in [6, 6.07) is 22.8. The summed E-state index contributed by atoms with van der Waals surface area (Å²) >= 11 is 0. The van der Waals surface area contributed by atoms with E-state index in [2.05, 4.69) is 45.4 Å². The van der Waals surface area contributed by atoms with Crippen LogP contribution in [0.25, 0.3) is 34.7 Å². The van der Waals surface area contributed by atoms with E-state index in [-0.39, 0.29) is 23.5 Å². The third-order valence-corrected chi connectivity index (χ3v) is 9.20. The van der Waals surface area contributed by atoms with E-state index in [0.29, 0.717) is 68.6 Å². The Balaban J connectivity index is 0.000000167. The van der Waals surface area contributed by atoms with Crippen LogP contribution in [0.4, 0.5) is 17.8 Å². The van der Waals surface area contributed by atoms with Crippen LogP contribution in [0.1, 0.15) is 11.1 Å². The molecule has 0 aliphatic rings. The Morgan fingerprint density at radius 3 is 1.61 bits per heavy atom. The molecule has 8 rings (SSSR count). The number of furan rings is 2. The Labute approximate surface area is 355 Å². The first kappa shape index (κ1) is 44.3. The van der Waals surface area contributed by atoms with Crippen LogP contribution >= 0.6 is 0 Å². The standard InChI is InChI=1S/C19H21N7O3.C11H17NO2.C9H8N6O3S/c1-27-11-12-28-14-6-4-13(5-7-14)8-9-21-18-23-17(20)26-19(24-18)22-16(25-26)15-3-2-10-29-15;1-13-8-9-14-11-4-2-10(3-5-11)6-7-12;1-19(16,17)9-12-7(10)15-8(13-9)11-6(14-15)5-3-2-4-18-5/h2-7,10H,8-9,11-12H2,1H3,(H3,20,21,22,23,24,25);2-5H,6-9,12H2,1H3;2-4H,1H3,(H2,10,11,12,13,14). The van der Waals surface area contributed by atoms with Crippen molar-refractivity contribution in [2.45, 2.75) is 18.0 Å². The van der Waals surface area contributed by atoms with Crippen LogP contribution in [-0.2, 0) is 32.2 Å². The number of anilines is 3. The lowest BCUT2D eigenvalue weighted by Gasteiger charge is -2.08. The fraction of sp³-hybridized carbons (Fsp3) is 0.282. The first-order valence-corrected chi connectivity index (χ1v) is 20.9. The average molecular weight is 871 g/mol. The largest absolute Gasteiger partial charge is 0.491 e. The second-order valence-corrected chi connectivity index (χ2v) is 14.9. The Kier molecular flexibility index (Phi) is 15.3. The molecule has 0 amide bonds. The van der Waals surface area contributed by atoms with Gasteiger partial charge < -0.3 is 50.3 Å². The maximum absolute atomic E-state index is 11.4. The van der Waals surface area contributed by atoms with E-state index in [1.807, 2.05) is 48.5 Å². The van der Waals surface area contributed by atoms with Crippen LogP contribution in [0.3, 0.4) is 0 Å². The molecule has 0 saturated heterocycles. The van der Waals surface area contributed by atoms with Gasteiger partial charge in [-0.25, -0.2) is 8.42 Å². The number of ether oxygens (including phenoxy) is 4. The molecule has 6 heterocycles. The van der Waals surface area contributed by atoms with Crippen LogP contribution in [-0.4, -0.2) is 118 Å². The second kappa shape index (κ2) is 21.4. The molecule has 0 spiro atoms. The lowest BCUT2D eigenvalue weighted by Crippen LogP contribution is -2.12. The number of fused-ring (bicyclic) bond motifs is 2. The number of sulfone groups is 1. The Morgan fingerprint density at radius 2 is 1.15 bits per heavy atom. The first-order chi connectivity index (χ1) is 30.0. The van der Waals surface area contributed by atoms with Gasteiger partial charge in [0.2, 0.25) is 39.3 Å². The van der Waals surface area contributed by atoms with Crippen molar-refractivity contribution in [2.75, 3.05) is 76.8 Å². The molecular weight excluding hydrogens is 825 g/mol. The van der Waals surface area contributed by atoms with Gasteiger partial charge in [-0.3, -0.25) is 0 Å². The minimum absolute atomic E-state index is 0.0410. The molecule has 0 saturated carbocycles. The number of hydrogen-bond acceptors (Lipinski definition) is 20. The number of methoxy groups -OCH3 is 2. The predicted octanol–water partition coefficient (Wildman–Crippen LogP) is 3.02. The lowest BCUT2D eigenvalue weighted by atomic mass is 10.1. The molecule has 8 aromatic rings. The summed E-state index contributed by atoms with van der Waals surface area (Å²) in [5.41, 5.74) is 19.5. The van der Waals surface area contributed by atoms with Crippen LogP contribution in [0.2, 0.25) is 0 Å². The lowest BCUT2D eigenvalue weighted by molar-refractivity contribution is 0.146. The maximum atomic E-state index is 11.4. The van der Waals surface area contributed by atoms with E-state index >= 15 is 0 Å². The summed E-state index contributed by atoms with van der Waals surface area (Å²) in [4.78, 5) is 24.5. The van der Waals surface area contributed by atoms with E-state index in [1.165, 1.54) is 16.3 Å². The highest BCUT2D eigenvalue weighted by molar-refractivity contribution is 7.90. The van der Waals surface area contributed by atoms with Gasteiger partial charge in [0.15, 0.2) is 11.5 Å². The zero-order valence-electron chi connectivity index (χ0n) is 34.1. The first-order valence-electron chi connectivity index (χ1n) is 19.0. The fourth-order valence-corrected chi connectivity index (χ4v) is 5.84. The molecule has 0 aliphatic carbocycles. The van der Waals surface area contributed by atoms with Crippen molar-refractivity contribution in [2.24, 2.45) is 5.73 Å². The SMILES string of the molecule is COCCOc1ccc(CCN)cc1.COCCOc1ccc(CCNc2nc(N)n3nc(-c4ccco4)nc3n2)cc1.CS(=O)(=O)c1nc(N)n2nc(-c3ccco3)nc2n1. The topological polar surface area (TPSA) is 299 Å². The molecule has 0 fully saturated rings. The summed E-state index contributed by atoms with van der Waals surface area (Å²) in [5, 5.41) is 11.1. The summed E-state index contributed by atoms with van der Waals surface area (Å²) in [6.45, 7) is 3.62. The normalized spacial score (nSPS) is 11.2. The number of aromatic nitrogens is 10. The van der Waals surface area contributed by atoms with Crippen LogP contribution < -0.4 is 32.0 Å². The number of nitrogen functional groups attached to an aromatic ring is 2. The van der Waals surface area contributed by atoms with Crippen molar-refractivity contribution >= 4 is 39.2 Å². The quantitative estimate of drug-likeness (QED) is 0.0956. The minimum atomic E-state index is -3.57. The smallest absolute Gasteiger partial charge is 0.259 e. The van der Waals surface area contributed by atoms with Gasteiger partial charge in [-0.1, -0.05) is 24.3 Å². The fourth-order valence-electron chi connectivity index (χ4n) is 5.33. The molecule has 0 bridgehead atoms. The van der Waals surface area contributed by atoms with Gasteiger partial charge in [0.25, 0.3) is 16.7 Å². The average Bonchev–Trinajstić information content (AvgIpc) is 4.10. The molecule has 6 aromatic heterocycles. The Morgan fingerprint density at radius 1 is 0.645 bits per heavy atom. The highest BCUT2D eigenvalue weighted by Gasteiger charge is 2.18. The Bertz CT molecular complexity index is 2710. The zero-order valence-corrected chi connectivity index (χ0v) is 34.9. The van der Waals surface area contributed by atoms with Crippen molar-refractivity contribution in [3.05, 3.63) is 96.4 Å². The van der Waals surface area contributed by atoms with Crippen LogP contribution in [0, 0.1) is 0 Å². The van der Waals surface area contributed by atoms with E-state index in [1.54, 1.807) is 44.7 Å². The molecular formula is C39H46N14O8S. The second-order valence-electron chi connectivity index (χ2n) is 13.0. The summed E-state index contributed by atoms with van der Waals surface area (Å²) in [5.74, 6) is 4.18. The molecule has 326 valence electrons. The highest BCUT2D eigenvalue weighted by Crippen LogP contribution is 2.20. The monoisotopic (exact) mass is 870 g/mol. The molecule has 0 radical (unpaired) electrons. The summed E-state index contributed by atoms with van der Waals surface area (Å²) in [7, 11) is -0.259. The van der Waals surface area contributed by atoms with Gasteiger partial charge in [-0.05, 0) is 79.0 Å². The van der Waals surface area contributed by atoms with Crippen molar-refractivity contribution < 1.29 is 36.2 Å². The third kappa shape index (κ3) is 12.2. The Hall–Kier alpha value is -7.21. The summed E-state index contributed by atoms with van der Waals surface area (Å²) in [6.07, 6.45) is 5.72. The molecule has 62 heavy (non-hydrogen) atoms. The van der Waals surface area contributed by atoms with Crippen molar-refractivity contribution in [3.8, 4) is 34.7 Å². The van der Waals surface area contributed by atoms with Crippen molar-refractivity contribution in [3.63, 3.8) is 0 Å². The van der Waals surface area contributed by atoms with Gasteiger partial charge in [-0.15, -0.1) is 10.2 Å². The van der Waals surface area contributed by atoms with E-state index in [9.17, 15) is 8.42 Å². The van der Waals surface area contributed by atoms with Crippen molar-refractivity contribution in [1.82, 2.24) is 49.1 Å². The molecule has 22 nitrogen and oxygen atoms in total. The molecule has 0 unspecified atom stereocenters. The van der Waals surface area contributed by atoms with Gasteiger partial charge in [0.1, 0.15) is 24.7 Å². The van der Waals surface area contributed by atoms with E-state index in [4.69, 9.17) is 45.0 Å². The number of nitrogens with one attached hydrogen (secondary N) is 1. The maximum Gasteiger partial charge on any atom is 0.259 e. The van der Waals surface area contributed by atoms with Gasteiger partial charge >= 0.3 is 0 Å². The molecule has 0 aliphatic heterocycles. The number of benzene rings is 2. The number of rotatable bonds is 17. The van der Waals surface area contributed by atoms with E-state index in [0.717, 1.165) is 40.7 Å². The van der Waals surface area contributed by atoms with Crippen molar-refractivity contribution in [1.29, 1.82) is 0 Å². The molecule has 2 aromatic carbocycles. The predicted molar refractivity (Wildman–Crippen MR) is 227 cm³/mol. The van der Waals surface area contributed by atoms with Gasteiger partial charge in [0, 0.05) is 27.0 Å². The van der Waals surface area contributed by atoms with Crippen LogP contribution in [0.5, 0.6) is 11.5 Å². The molecule has 23 heteroatoms. The number of nitrogens with two attached hydrogens (primary N) is 3. The molecule has 0 atom stereocenters. The molecule has 7 N–H and O–H groups in total.